The summed E-state index contributed by atoms with van der Waals surface area (Å²) in [5.41, 5.74) is 0. The lowest BCUT2D eigenvalue weighted by Gasteiger charge is -2.34. The molecule has 6 nitrogen and oxygen atoms in total. The number of ether oxygens (including phenoxy) is 2. The molecular weight excluding hydrogens is 352 g/mol. The fourth-order valence-corrected chi connectivity index (χ4v) is 5.99. The molecule has 1 aromatic carbocycles. The summed E-state index contributed by atoms with van der Waals surface area (Å²) >= 11 is 0. The van der Waals surface area contributed by atoms with Gasteiger partial charge in [-0.2, -0.15) is 4.31 Å². The quantitative estimate of drug-likeness (QED) is 0.778. The molecule has 138 valence electrons. The van der Waals surface area contributed by atoms with E-state index in [1.54, 1.807) is 29.7 Å². The van der Waals surface area contributed by atoms with Crippen LogP contribution < -0.4 is 9.47 Å². The number of benzene rings is 1. The molecule has 2 aliphatic rings. The first kappa shape index (κ1) is 17.3. The zero-order valence-corrected chi connectivity index (χ0v) is 15.4. The second-order valence-corrected chi connectivity index (χ2v) is 8.65. The van der Waals surface area contributed by atoms with Crippen LogP contribution in [0.15, 0.2) is 53.7 Å². The highest BCUT2D eigenvalue weighted by Crippen LogP contribution is 2.45. The zero-order valence-electron chi connectivity index (χ0n) is 14.6. The molecule has 1 aliphatic heterocycles. The minimum Gasteiger partial charge on any atom is -0.497 e. The first-order valence-electron chi connectivity index (χ1n) is 8.80. The molecule has 2 unspecified atom stereocenters. The molecule has 26 heavy (non-hydrogen) atoms. The van der Waals surface area contributed by atoms with Gasteiger partial charge in [-0.15, -0.1) is 0 Å². The van der Waals surface area contributed by atoms with Crippen LogP contribution in [0.1, 0.15) is 19.3 Å². The van der Waals surface area contributed by atoms with Crippen molar-refractivity contribution in [2.45, 2.75) is 36.2 Å². The summed E-state index contributed by atoms with van der Waals surface area (Å²) < 4.78 is 39.1. The summed E-state index contributed by atoms with van der Waals surface area (Å²) in [6.07, 6.45) is 5.88. The van der Waals surface area contributed by atoms with E-state index >= 15 is 0 Å². The first-order valence-corrected chi connectivity index (χ1v) is 10.2. The Morgan fingerprint density at radius 1 is 1.19 bits per heavy atom. The normalized spacial score (nSPS) is 25.3. The molecule has 2 aromatic rings. The maximum absolute atomic E-state index is 13.2. The van der Waals surface area contributed by atoms with Gasteiger partial charge in [0, 0.05) is 24.5 Å². The minimum atomic E-state index is -3.57. The highest BCUT2D eigenvalue weighted by Gasteiger charge is 2.51. The third-order valence-corrected chi connectivity index (χ3v) is 7.31. The molecule has 0 amide bonds. The van der Waals surface area contributed by atoms with Crippen molar-refractivity contribution in [2.75, 3.05) is 13.7 Å². The molecule has 0 N–H and O–H groups in total. The summed E-state index contributed by atoms with van der Waals surface area (Å²) in [4.78, 5) is 4.22. The highest BCUT2D eigenvalue weighted by atomic mass is 32.2. The van der Waals surface area contributed by atoms with Crippen LogP contribution in [0, 0.1) is 5.92 Å². The molecule has 1 saturated carbocycles. The molecule has 1 aromatic heterocycles. The fraction of sp³-hybridized carbons (Fsp3) is 0.421. The monoisotopic (exact) mass is 374 g/mol. The lowest BCUT2D eigenvalue weighted by Crippen LogP contribution is -2.47. The van der Waals surface area contributed by atoms with Crippen LogP contribution in [-0.4, -0.2) is 43.5 Å². The van der Waals surface area contributed by atoms with Crippen molar-refractivity contribution in [3.63, 3.8) is 0 Å². The number of hydrogen-bond acceptors (Lipinski definition) is 5. The second kappa shape index (κ2) is 6.89. The number of fused-ring (bicyclic) bond motifs is 2. The Morgan fingerprint density at radius 3 is 2.81 bits per heavy atom. The van der Waals surface area contributed by atoms with Gasteiger partial charge in [0.05, 0.1) is 13.2 Å². The lowest BCUT2D eigenvalue weighted by molar-refractivity contribution is 0.162. The first-order chi connectivity index (χ1) is 12.6. The Labute approximate surface area is 153 Å². The summed E-state index contributed by atoms with van der Waals surface area (Å²) in [6, 6.07) is 10.6. The van der Waals surface area contributed by atoms with Gasteiger partial charge in [-0.3, -0.25) is 4.98 Å². The maximum Gasteiger partial charge on any atom is 0.245 e. The van der Waals surface area contributed by atoms with Crippen LogP contribution in [0.2, 0.25) is 0 Å². The van der Waals surface area contributed by atoms with Crippen LogP contribution >= 0.6 is 0 Å². The van der Waals surface area contributed by atoms with E-state index in [4.69, 9.17) is 9.47 Å². The van der Waals surface area contributed by atoms with Gasteiger partial charge in [-0.1, -0.05) is 6.07 Å². The van der Waals surface area contributed by atoms with Crippen LogP contribution in [0.4, 0.5) is 0 Å². The van der Waals surface area contributed by atoms with Gasteiger partial charge in [0.1, 0.15) is 23.0 Å². The Balaban J connectivity index is 1.56. The third-order valence-electron chi connectivity index (χ3n) is 5.35. The molecule has 2 bridgehead atoms. The maximum atomic E-state index is 13.2. The molecule has 2 fully saturated rings. The number of nitrogens with zero attached hydrogens (tertiary/aromatic N) is 2. The topological polar surface area (TPSA) is 68.7 Å². The molecule has 3 atom stereocenters. The summed E-state index contributed by atoms with van der Waals surface area (Å²) in [5, 5.41) is 0. The number of rotatable bonds is 6. The summed E-state index contributed by atoms with van der Waals surface area (Å²) in [6.45, 7) is 0.341. The predicted octanol–water partition coefficient (Wildman–Crippen LogP) is 2.71. The average Bonchev–Trinajstić information content (AvgIpc) is 3.29. The number of methoxy groups -OCH3 is 1. The highest BCUT2D eigenvalue weighted by molar-refractivity contribution is 7.89. The van der Waals surface area contributed by atoms with E-state index in [1.165, 1.54) is 6.20 Å². The smallest absolute Gasteiger partial charge is 0.245 e. The van der Waals surface area contributed by atoms with E-state index in [1.807, 2.05) is 24.3 Å². The molecule has 0 spiro atoms. The molecule has 1 saturated heterocycles. The SMILES string of the molecule is COc1cccc(OC[C@H]2C3CCC(C3)N2S(=O)(=O)c2cccnc2)c1. The Morgan fingerprint density at radius 2 is 2.04 bits per heavy atom. The van der Waals surface area contributed by atoms with Gasteiger partial charge >= 0.3 is 0 Å². The fourth-order valence-electron chi connectivity index (χ4n) is 4.13. The summed E-state index contributed by atoms with van der Waals surface area (Å²) in [5.74, 6) is 1.75. The molecule has 2 heterocycles. The van der Waals surface area contributed by atoms with Gasteiger partial charge in [0.2, 0.25) is 10.0 Å². The van der Waals surface area contributed by atoms with Crippen molar-refractivity contribution in [3.8, 4) is 11.5 Å². The van der Waals surface area contributed by atoms with Crippen LogP contribution in [0.5, 0.6) is 11.5 Å². The summed E-state index contributed by atoms with van der Waals surface area (Å²) in [7, 11) is -1.96. The third kappa shape index (κ3) is 3.05. The van der Waals surface area contributed by atoms with Crippen molar-refractivity contribution in [1.82, 2.24) is 9.29 Å². The zero-order chi connectivity index (χ0) is 18.1. The largest absolute Gasteiger partial charge is 0.497 e. The van der Waals surface area contributed by atoms with E-state index in [9.17, 15) is 8.42 Å². The van der Waals surface area contributed by atoms with E-state index in [0.29, 0.717) is 18.3 Å². The van der Waals surface area contributed by atoms with Gasteiger partial charge in [-0.05, 0) is 49.4 Å². The van der Waals surface area contributed by atoms with Crippen molar-refractivity contribution in [1.29, 1.82) is 0 Å². The van der Waals surface area contributed by atoms with E-state index in [0.717, 1.165) is 25.0 Å². The molecular formula is C19H22N2O4S. The van der Waals surface area contributed by atoms with Crippen LogP contribution in [-0.2, 0) is 10.0 Å². The van der Waals surface area contributed by atoms with E-state index < -0.39 is 10.0 Å². The molecule has 4 rings (SSSR count). The second-order valence-electron chi connectivity index (χ2n) is 6.81. The number of aromatic nitrogens is 1. The number of sulfonamides is 1. The van der Waals surface area contributed by atoms with E-state index in [-0.39, 0.29) is 17.0 Å². The van der Waals surface area contributed by atoms with Gasteiger partial charge in [0.25, 0.3) is 0 Å². The minimum absolute atomic E-state index is 0.0594. The Bertz CT molecular complexity index is 872. The molecule has 1 aliphatic carbocycles. The van der Waals surface area contributed by atoms with E-state index in [2.05, 4.69) is 4.98 Å². The van der Waals surface area contributed by atoms with Crippen molar-refractivity contribution in [3.05, 3.63) is 48.8 Å². The predicted molar refractivity (Wildman–Crippen MR) is 96.7 cm³/mol. The molecule has 7 heteroatoms. The molecule has 0 radical (unpaired) electrons. The average molecular weight is 374 g/mol. The number of hydrogen-bond donors (Lipinski definition) is 0. The van der Waals surface area contributed by atoms with Crippen LogP contribution in [0.25, 0.3) is 0 Å². The van der Waals surface area contributed by atoms with Crippen molar-refractivity contribution < 1.29 is 17.9 Å². The number of piperidine rings is 1. The standard InChI is InChI=1S/C19H22N2O4S/c1-24-16-4-2-5-17(11-16)25-13-19-14-7-8-15(10-14)21(19)26(22,23)18-6-3-9-20-12-18/h2-6,9,11-12,14-15,19H,7-8,10,13H2,1H3/t14?,15?,19-/m0/s1. The van der Waals surface area contributed by atoms with Crippen molar-refractivity contribution in [2.24, 2.45) is 5.92 Å². The Hall–Kier alpha value is -2.12. The van der Waals surface area contributed by atoms with Gasteiger partial charge in [0.15, 0.2) is 0 Å². The van der Waals surface area contributed by atoms with Gasteiger partial charge < -0.3 is 9.47 Å². The van der Waals surface area contributed by atoms with Crippen LogP contribution in [0.3, 0.4) is 0 Å². The Kier molecular flexibility index (Phi) is 4.58. The van der Waals surface area contributed by atoms with Gasteiger partial charge in [-0.25, -0.2) is 8.42 Å². The number of pyridine rings is 1. The van der Waals surface area contributed by atoms with Crippen molar-refractivity contribution >= 4 is 10.0 Å². The lowest BCUT2D eigenvalue weighted by atomic mass is 10.0.